The average Bonchev–Trinajstić information content (AvgIpc) is 3.45. The van der Waals surface area contributed by atoms with Crippen LogP contribution in [0, 0.1) is 16.0 Å². The Bertz CT molecular complexity index is 1620. The van der Waals surface area contributed by atoms with Gasteiger partial charge < -0.3 is 25.3 Å². The fourth-order valence-electron chi connectivity index (χ4n) is 6.85. The number of fused-ring (bicyclic) bond motifs is 1. The Morgan fingerprint density at radius 3 is 2.38 bits per heavy atom. The number of piperidine rings is 1. The molecule has 0 bridgehead atoms. The van der Waals surface area contributed by atoms with E-state index < -0.39 is 27.9 Å². The number of hydrogen-bond donors (Lipinski definition) is 3. The topological polar surface area (TPSA) is 139 Å². The number of amides is 2. The zero-order valence-electron chi connectivity index (χ0n) is 25.1. The van der Waals surface area contributed by atoms with E-state index in [1.54, 1.807) is 19.1 Å². The molecule has 3 heterocycles. The van der Waals surface area contributed by atoms with Crippen molar-refractivity contribution in [1.82, 2.24) is 5.32 Å². The largest absolute Gasteiger partial charge is 0.396 e. The number of hydrogen-bond acceptors (Lipinski definition) is 8. The molecule has 3 aromatic rings. The highest BCUT2D eigenvalue weighted by atomic mass is 16.6. The third-order valence-corrected chi connectivity index (χ3v) is 9.37. The number of para-hydroxylation sites is 1. The number of benzene rings is 3. The van der Waals surface area contributed by atoms with Crippen LogP contribution < -0.4 is 20.0 Å². The lowest BCUT2D eigenvalue weighted by Gasteiger charge is -2.39. The maximum Gasteiger partial charge on any atom is 0.269 e. The number of rotatable bonds is 9. The zero-order valence-corrected chi connectivity index (χ0v) is 25.1. The summed E-state index contributed by atoms with van der Waals surface area (Å²) >= 11 is 0. The van der Waals surface area contributed by atoms with Crippen molar-refractivity contribution < 1.29 is 24.7 Å². The molecule has 1 spiro atoms. The highest BCUT2D eigenvalue weighted by Gasteiger charge is 2.54. The summed E-state index contributed by atoms with van der Waals surface area (Å²) in [7, 11) is 0. The fourth-order valence-corrected chi connectivity index (χ4v) is 6.85. The molecule has 2 saturated heterocycles. The summed E-state index contributed by atoms with van der Waals surface area (Å²) in [5.41, 5.74) is 0.257. The lowest BCUT2D eigenvalue weighted by molar-refractivity contribution is -0.385. The van der Waals surface area contributed by atoms with E-state index in [0.29, 0.717) is 31.6 Å². The Balaban J connectivity index is 1.28. The highest BCUT2D eigenvalue weighted by Crippen LogP contribution is 2.47. The van der Waals surface area contributed by atoms with E-state index in [1.165, 1.54) is 23.1 Å². The number of nitro benzene ring substituents is 1. The van der Waals surface area contributed by atoms with Gasteiger partial charge in [0.15, 0.2) is 5.60 Å². The molecule has 0 saturated carbocycles. The second-order valence-corrected chi connectivity index (χ2v) is 11.9. The van der Waals surface area contributed by atoms with Crippen LogP contribution in [-0.2, 0) is 21.7 Å². The van der Waals surface area contributed by atoms with Gasteiger partial charge >= 0.3 is 0 Å². The summed E-state index contributed by atoms with van der Waals surface area (Å²) in [6, 6.07) is 21.6. The van der Waals surface area contributed by atoms with Gasteiger partial charge in [-0.2, -0.15) is 0 Å². The van der Waals surface area contributed by atoms with E-state index in [1.807, 2.05) is 59.5 Å². The van der Waals surface area contributed by atoms with Crippen LogP contribution in [0.2, 0.25) is 0 Å². The predicted octanol–water partition coefficient (Wildman–Crippen LogP) is 3.84. The molecule has 3 N–H and O–H groups in total. The molecule has 11 heteroatoms. The Morgan fingerprint density at radius 2 is 1.71 bits per heavy atom. The van der Waals surface area contributed by atoms with Crippen molar-refractivity contribution in [3.63, 3.8) is 0 Å². The first-order valence-electron chi connectivity index (χ1n) is 15.3. The number of nitrogens with zero attached hydrogens (tertiary/aromatic N) is 4. The van der Waals surface area contributed by atoms with Crippen molar-refractivity contribution in [3.05, 3.63) is 106 Å². The third kappa shape index (κ3) is 5.16. The molecule has 2 fully saturated rings. The average molecular weight is 612 g/mol. The first kappa shape index (κ1) is 30.4. The molecule has 6 rings (SSSR count). The van der Waals surface area contributed by atoms with Crippen molar-refractivity contribution in [2.45, 2.75) is 43.9 Å². The first-order chi connectivity index (χ1) is 21.7. The number of aliphatic hydroxyl groups is 2. The van der Waals surface area contributed by atoms with Crippen LogP contribution in [0.1, 0.15) is 37.3 Å². The van der Waals surface area contributed by atoms with Crippen LogP contribution in [0.5, 0.6) is 0 Å². The minimum Gasteiger partial charge on any atom is -0.396 e. The van der Waals surface area contributed by atoms with Crippen LogP contribution >= 0.6 is 0 Å². The van der Waals surface area contributed by atoms with Gasteiger partial charge in [-0.05, 0) is 68.2 Å². The molecule has 0 radical (unpaired) electrons. The summed E-state index contributed by atoms with van der Waals surface area (Å²) < 4.78 is 0. The van der Waals surface area contributed by atoms with Gasteiger partial charge in [0, 0.05) is 41.6 Å². The molecule has 0 aromatic heterocycles. The number of non-ortho nitro benzene ring substituents is 1. The monoisotopic (exact) mass is 611 g/mol. The molecule has 2 amide bonds. The van der Waals surface area contributed by atoms with Crippen LogP contribution in [-0.4, -0.2) is 58.9 Å². The van der Waals surface area contributed by atoms with Crippen LogP contribution in [0.3, 0.4) is 0 Å². The first-order valence-corrected chi connectivity index (χ1v) is 15.3. The van der Waals surface area contributed by atoms with Crippen molar-refractivity contribution in [1.29, 1.82) is 0 Å². The lowest BCUT2D eigenvalue weighted by Crippen LogP contribution is -2.55. The third-order valence-electron chi connectivity index (χ3n) is 9.37. The number of nitro groups is 1. The molecule has 3 aliphatic heterocycles. The van der Waals surface area contributed by atoms with Gasteiger partial charge in [-0.15, -0.1) is 0 Å². The molecule has 0 unspecified atom stereocenters. The van der Waals surface area contributed by atoms with Gasteiger partial charge in [-0.1, -0.05) is 49.4 Å². The maximum absolute atomic E-state index is 14.0. The van der Waals surface area contributed by atoms with Gasteiger partial charge in [-0.3, -0.25) is 24.6 Å². The minimum atomic E-state index is -2.01. The number of nitrogens with one attached hydrogen (secondary N) is 1. The Hall–Kier alpha value is -4.58. The molecular formula is C34H37N5O6. The van der Waals surface area contributed by atoms with Crippen molar-refractivity contribution in [2.24, 2.45) is 5.92 Å². The van der Waals surface area contributed by atoms with Crippen LogP contribution in [0.25, 0.3) is 0 Å². The maximum atomic E-state index is 14.0. The molecule has 3 aromatic carbocycles. The van der Waals surface area contributed by atoms with Gasteiger partial charge in [0.05, 0.1) is 23.8 Å². The van der Waals surface area contributed by atoms with E-state index in [2.05, 4.69) is 10.2 Å². The summed E-state index contributed by atoms with van der Waals surface area (Å²) in [6.45, 7) is 3.67. The normalized spacial score (nSPS) is 21.6. The molecule has 3 aliphatic rings. The van der Waals surface area contributed by atoms with Gasteiger partial charge in [0.2, 0.25) is 0 Å². The Morgan fingerprint density at radius 1 is 1.00 bits per heavy atom. The van der Waals surface area contributed by atoms with E-state index in [-0.39, 0.29) is 30.3 Å². The molecule has 234 valence electrons. The van der Waals surface area contributed by atoms with Crippen molar-refractivity contribution >= 4 is 34.6 Å². The van der Waals surface area contributed by atoms with Gasteiger partial charge in [0.25, 0.3) is 17.5 Å². The summed E-state index contributed by atoms with van der Waals surface area (Å²) in [6.07, 6.45) is 5.10. The number of anilines is 3. The quantitative estimate of drug-likeness (QED) is 0.189. The second-order valence-electron chi connectivity index (χ2n) is 11.9. The smallest absolute Gasteiger partial charge is 0.269 e. The van der Waals surface area contributed by atoms with E-state index >= 15 is 0 Å². The second kappa shape index (κ2) is 12.1. The Labute approximate surface area is 261 Å². The summed E-state index contributed by atoms with van der Waals surface area (Å²) in [5, 5.41) is 35.9. The SMILES string of the molecule is C[C@H](/C=C/CCO)[C@@]1(O)C(=O)N(Cc2ccc(N3CN(c4ccccc4)C4(CCNCC4)C3=O)cc2)c2ccc([N+](=O)[O-])cc21. The lowest BCUT2D eigenvalue weighted by atomic mass is 9.82. The van der Waals surface area contributed by atoms with E-state index in [0.717, 1.165) is 30.0 Å². The fraction of sp³-hybridized carbons (Fsp3) is 0.353. The molecule has 2 atom stereocenters. The minimum absolute atomic E-state index is 0.0687. The van der Waals surface area contributed by atoms with E-state index in [4.69, 9.17) is 5.11 Å². The van der Waals surface area contributed by atoms with E-state index in [9.17, 15) is 24.8 Å². The molecule has 11 nitrogen and oxygen atoms in total. The predicted molar refractivity (Wildman–Crippen MR) is 171 cm³/mol. The van der Waals surface area contributed by atoms with Crippen molar-refractivity contribution in [3.8, 4) is 0 Å². The van der Waals surface area contributed by atoms with Crippen LogP contribution in [0.15, 0.2) is 84.9 Å². The summed E-state index contributed by atoms with van der Waals surface area (Å²) in [5.74, 6) is -1.22. The van der Waals surface area contributed by atoms with Crippen LogP contribution in [0.4, 0.5) is 22.7 Å². The molecular weight excluding hydrogens is 574 g/mol. The van der Waals surface area contributed by atoms with Gasteiger partial charge in [0.1, 0.15) is 5.54 Å². The molecule has 0 aliphatic carbocycles. The number of aliphatic hydroxyl groups excluding tert-OH is 1. The number of carbonyl (C=O) groups excluding carboxylic acids is 2. The summed E-state index contributed by atoms with van der Waals surface area (Å²) in [4.78, 5) is 44.4. The Kier molecular flexibility index (Phi) is 8.17. The van der Waals surface area contributed by atoms with Crippen molar-refractivity contribution in [2.75, 3.05) is 41.1 Å². The standard InChI is InChI=1S/C34H37N5O6/c1-24(7-5-6-20-40)34(43)29-21-28(39(44)45)14-15-30(29)36(32(34)42)22-25-10-12-26(13-11-25)37-23-38(27-8-3-2-4-9-27)33(31(37)41)16-18-35-19-17-33/h2-5,7-15,21,24,35,40,43H,6,16-20,22-23H2,1H3/b7-5+/t24-,34+/m1/s1. The highest BCUT2D eigenvalue weighted by molar-refractivity contribution is 6.08. The van der Waals surface area contributed by atoms with Gasteiger partial charge in [-0.25, -0.2) is 0 Å². The zero-order chi connectivity index (χ0) is 31.8. The molecule has 45 heavy (non-hydrogen) atoms. The number of carbonyl (C=O) groups is 2.